The SMILES string of the molecule is O=C(C1CC1)N1CCC(c2nc3c(nnn3Cc3cccc(F)c3)c(=O)[nH]2)CC1. The largest absolute Gasteiger partial charge is 0.342 e. The Bertz CT molecular complexity index is 1130. The highest BCUT2D eigenvalue weighted by Crippen LogP contribution is 2.33. The highest BCUT2D eigenvalue weighted by atomic mass is 19.1. The van der Waals surface area contributed by atoms with E-state index in [4.69, 9.17) is 0 Å². The number of fused-ring (bicyclic) bond motifs is 1. The van der Waals surface area contributed by atoms with Crippen LogP contribution >= 0.6 is 0 Å². The van der Waals surface area contributed by atoms with E-state index in [-0.39, 0.29) is 41.2 Å². The summed E-state index contributed by atoms with van der Waals surface area (Å²) in [6, 6.07) is 6.22. The molecule has 1 saturated carbocycles. The third-order valence-corrected chi connectivity index (χ3v) is 5.73. The number of rotatable bonds is 4. The molecule has 0 spiro atoms. The molecule has 1 aromatic carbocycles. The zero-order chi connectivity index (χ0) is 20.0. The second-order valence-electron chi connectivity index (χ2n) is 7.87. The van der Waals surface area contributed by atoms with E-state index in [1.807, 2.05) is 4.90 Å². The lowest BCUT2D eigenvalue weighted by atomic mass is 9.95. The molecule has 3 heterocycles. The first-order valence-electron chi connectivity index (χ1n) is 9.95. The van der Waals surface area contributed by atoms with Crippen LogP contribution in [0.2, 0.25) is 0 Å². The second-order valence-corrected chi connectivity index (χ2v) is 7.87. The maximum Gasteiger partial charge on any atom is 0.281 e. The Balaban J connectivity index is 1.39. The van der Waals surface area contributed by atoms with Crippen LogP contribution in [0.1, 0.15) is 43.0 Å². The number of halogens is 1. The van der Waals surface area contributed by atoms with Gasteiger partial charge < -0.3 is 9.88 Å². The van der Waals surface area contributed by atoms with Crippen LogP contribution in [0.5, 0.6) is 0 Å². The van der Waals surface area contributed by atoms with Crippen molar-refractivity contribution in [2.75, 3.05) is 13.1 Å². The highest BCUT2D eigenvalue weighted by molar-refractivity contribution is 5.81. The lowest BCUT2D eigenvalue weighted by Gasteiger charge is -2.31. The van der Waals surface area contributed by atoms with E-state index in [0.717, 1.165) is 25.7 Å². The summed E-state index contributed by atoms with van der Waals surface area (Å²) in [6.45, 7) is 1.64. The fraction of sp³-hybridized carbons (Fsp3) is 0.450. The number of aromatic nitrogens is 5. The van der Waals surface area contributed by atoms with E-state index in [1.165, 1.54) is 16.8 Å². The summed E-state index contributed by atoms with van der Waals surface area (Å²) in [5.74, 6) is 0.837. The normalized spacial score (nSPS) is 17.8. The maximum atomic E-state index is 13.5. The molecule has 8 nitrogen and oxygen atoms in total. The number of hydrogen-bond acceptors (Lipinski definition) is 5. The van der Waals surface area contributed by atoms with Crippen LogP contribution in [0.15, 0.2) is 29.1 Å². The average molecular weight is 396 g/mol. The molecule has 1 aliphatic heterocycles. The van der Waals surface area contributed by atoms with Crippen molar-refractivity contribution in [1.29, 1.82) is 0 Å². The lowest BCUT2D eigenvalue weighted by molar-refractivity contribution is -0.133. The van der Waals surface area contributed by atoms with Crippen molar-refractivity contribution >= 4 is 17.1 Å². The molecule has 29 heavy (non-hydrogen) atoms. The van der Waals surface area contributed by atoms with Crippen molar-refractivity contribution in [2.45, 2.75) is 38.1 Å². The second kappa shape index (κ2) is 7.06. The molecule has 3 aromatic rings. The van der Waals surface area contributed by atoms with Gasteiger partial charge in [0.1, 0.15) is 11.6 Å². The summed E-state index contributed by atoms with van der Waals surface area (Å²) in [6.07, 6.45) is 3.54. The molecule has 0 unspecified atom stereocenters. The summed E-state index contributed by atoms with van der Waals surface area (Å²) in [7, 11) is 0. The van der Waals surface area contributed by atoms with Crippen LogP contribution in [0.4, 0.5) is 4.39 Å². The predicted octanol–water partition coefficient (Wildman–Crippen LogP) is 1.82. The molecule has 1 amide bonds. The number of carbonyl (C=O) groups excluding carboxylic acids is 1. The highest BCUT2D eigenvalue weighted by Gasteiger charge is 2.35. The zero-order valence-electron chi connectivity index (χ0n) is 15.8. The number of piperidine rings is 1. The first-order valence-corrected chi connectivity index (χ1v) is 9.95. The standard InChI is InChI=1S/C20H21FN6O2/c21-15-3-1-2-12(10-15)11-27-18-16(24-25-27)19(28)23-17(22-18)13-6-8-26(9-7-13)20(29)14-4-5-14/h1-3,10,13-14H,4-9,11H2,(H,22,23,28). The number of hydrogen-bond donors (Lipinski definition) is 1. The summed E-state index contributed by atoms with van der Waals surface area (Å²) < 4.78 is 15.0. The molecule has 0 radical (unpaired) electrons. The van der Waals surface area contributed by atoms with Gasteiger partial charge in [0.15, 0.2) is 11.2 Å². The molecule has 2 aromatic heterocycles. The molecule has 1 aliphatic carbocycles. The van der Waals surface area contributed by atoms with Gasteiger partial charge in [0.05, 0.1) is 6.54 Å². The summed E-state index contributed by atoms with van der Waals surface area (Å²) in [5.41, 5.74) is 0.954. The molecule has 5 rings (SSSR count). The van der Waals surface area contributed by atoms with Crippen molar-refractivity contribution in [1.82, 2.24) is 29.9 Å². The Morgan fingerprint density at radius 1 is 1.21 bits per heavy atom. The van der Waals surface area contributed by atoms with Crippen LogP contribution < -0.4 is 5.56 Å². The van der Waals surface area contributed by atoms with Gasteiger partial charge in [0.2, 0.25) is 5.91 Å². The number of nitrogens with one attached hydrogen (secondary N) is 1. The molecule has 0 bridgehead atoms. The van der Waals surface area contributed by atoms with E-state index < -0.39 is 0 Å². The molecule has 1 N–H and O–H groups in total. The maximum absolute atomic E-state index is 13.5. The van der Waals surface area contributed by atoms with Gasteiger partial charge in [0, 0.05) is 24.9 Å². The number of carbonyl (C=O) groups is 1. The summed E-state index contributed by atoms with van der Waals surface area (Å²) in [4.78, 5) is 34.2. The topological polar surface area (TPSA) is 96.8 Å². The Labute approximate surface area is 165 Å². The fourth-order valence-electron chi connectivity index (χ4n) is 3.95. The molecular formula is C20H21FN6O2. The average Bonchev–Trinajstić information content (AvgIpc) is 3.50. The fourth-order valence-corrected chi connectivity index (χ4v) is 3.95. The number of amides is 1. The Kier molecular flexibility index (Phi) is 4.37. The zero-order valence-corrected chi connectivity index (χ0v) is 15.8. The van der Waals surface area contributed by atoms with E-state index in [0.29, 0.717) is 30.1 Å². The van der Waals surface area contributed by atoms with Crippen molar-refractivity contribution in [3.63, 3.8) is 0 Å². The molecule has 1 saturated heterocycles. The van der Waals surface area contributed by atoms with E-state index in [1.54, 1.807) is 12.1 Å². The quantitative estimate of drug-likeness (QED) is 0.726. The minimum atomic E-state index is -0.328. The van der Waals surface area contributed by atoms with Gasteiger partial charge >= 0.3 is 0 Å². The number of aromatic amines is 1. The van der Waals surface area contributed by atoms with Gasteiger partial charge in [-0.15, -0.1) is 5.10 Å². The van der Waals surface area contributed by atoms with E-state index in [2.05, 4.69) is 20.3 Å². The number of benzene rings is 1. The van der Waals surface area contributed by atoms with Crippen LogP contribution in [0, 0.1) is 11.7 Å². The van der Waals surface area contributed by atoms with Gasteiger partial charge in [-0.1, -0.05) is 17.3 Å². The molecule has 9 heteroatoms. The van der Waals surface area contributed by atoms with Crippen molar-refractivity contribution in [2.24, 2.45) is 5.92 Å². The van der Waals surface area contributed by atoms with Crippen LogP contribution in [0.3, 0.4) is 0 Å². The van der Waals surface area contributed by atoms with Crippen molar-refractivity contribution in [3.05, 3.63) is 51.8 Å². The van der Waals surface area contributed by atoms with Gasteiger partial charge in [-0.2, -0.15) is 0 Å². The molecule has 150 valence electrons. The van der Waals surface area contributed by atoms with Crippen LogP contribution in [-0.2, 0) is 11.3 Å². The first-order chi connectivity index (χ1) is 14.1. The van der Waals surface area contributed by atoms with Crippen molar-refractivity contribution in [3.8, 4) is 0 Å². The van der Waals surface area contributed by atoms with Gasteiger partial charge in [-0.05, 0) is 43.4 Å². The molecule has 2 aliphatic rings. The third-order valence-electron chi connectivity index (χ3n) is 5.73. The van der Waals surface area contributed by atoms with Gasteiger partial charge in [-0.25, -0.2) is 14.1 Å². The molecule has 0 atom stereocenters. The Morgan fingerprint density at radius 2 is 2.00 bits per heavy atom. The number of H-pyrrole nitrogens is 1. The molecule has 2 fully saturated rings. The van der Waals surface area contributed by atoms with Crippen LogP contribution in [0.25, 0.3) is 11.2 Å². The Hall–Kier alpha value is -3.10. The minimum Gasteiger partial charge on any atom is -0.342 e. The van der Waals surface area contributed by atoms with Crippen LogP contribution in [-0.4, -0.2) is 48.9 Å². The van der Waals surface area contributed by atoms with Gasteiger partial charge in [-0.3, -0.25) is 9.59 Å². The van der Waals surface area contributed by atoms with Crippen molar-refractivity contribution < 1.29 is 9.18 Å². The molecular weight excluding hydrogens is 375 g/mol. The summed E-state index contributed by atoms with van der Waals surface area (Å²) >= 11 is 0. The van der Waals surface area contributed by atoms with Gasteiger partial charge in [0.25, 0.3) is 5.56 Å². The number of likely N-dealkylation sites (tertiary alicyclic amines) is 1. The lowest BCUT2D eigenvalue weighted by Crippen LogP contribution is -2.39. The van der Waals surface area contributed by atoms with E-state index in [9.17, 15) is 14.0 Å². The van der Waals surface area contributed by atoms with E-state index >= 15 is 0 Å². The summed E-state index contributed by atoms with van der Waals surface area (Å²) in [5, 5.41) is 7.98. The predicted molar refractivity (Wildman–Crippen MR) is 103 cm³/mol. The first kappa shape index (κ1) is 18.0. The third kappa shape index (κ3) is 3.52. The number of nitrogens with zero attached hydrogens (tertiary/aromatic N) is 5. The minimum absolute atomic E-state index is 0.0767. The monoisotopic (exact) mass is 396 g/mol. The smallest absolute Gasteiger partial charge is 0.281 e. The Morgan fingerprint density at radius 3 is 2.72 bits per heavy atom.